The molecule has 0 N–H and O–H groups in total. The Morgan fingerprint density at radius 1 is 0.848 bits per heavy atom. The molecule has 1 heterocycles. The third-order valence-corrected chi connectivity index (χ3v) is 8.92. The summed E-state index contributed by atoms with van der Waals surface area (Å²) in [5, 5.41) is 0. The van der Waals surface area contributed by atoms with Crippen LogP contribution >= 0.6 is 0 Å². The first kappa shape index (κ1) is 28.2. The van der Waals surface area contributed by atoms with Gasteiger partial charge in [0.1, 0.15) is 11.4 Å². The van der Waals surface area contributed by atoms with E-state index in [1.54, 1.807) is 0 Å². The van der Waals surface area contributed by atoms with Crippen molar-refractivity contribution in [1.29, 1.82) is 0 Å². The van der Waals surface area contributed by atoms with E-state index in [4.69, 9.17) is 4.74 Å². The second-order valence-corrected chi connectivity index (χ2v) is 12.5. The van der Waals surface area contributed by atoms with Crippen molar-refractivity contribution in [2.75, 3.05) is 0 Å². The third-order valence-electron chi connectivity index (χ3n) is 8.92. The van der Waals surface area contributed by atoms with Crippen LogP contribution in [0.1, 0.15) is 139 Å². The predicted molar refractivity (Wildman–Crippen MR) is 142 cm³/mol. The lowest BCUT2D eigenvalue weighted by Gasteiger charge is -2.45. The average molecular weight is 459 g/mol. The van der Waals surface area contributed by atoms with Gasteiger partial charge in [-0.15, -0.1) is 0 Å². The maximum Gasteiger partial charge on any atom is 0.169 e. The molecule has 0 radical (unpaired) electrons. The Kier molecular flexibility index (Phi) is 10.3. The van der Waals surface area contributed by atoms with E-state index < -0.39 is 0 Å². The summed E-state index contributed by atoms with van der Waals surface area (Å²) in [7, 11) is 0. The molecule has 0 aromatic rings. The van der Waals surface area contributed by atoms with Gasteiger partial charge in [0.05, 0.1) is 5.41 Å². The van der Waals surface area contributed by atoms with Gasteiger partial charge in [-0.2, -0.15) is 0 Å². The second-order valence-electron chi connectivity index (χ2n) is 12.5. The number of Topliss-reactive ketones (excluding diaryl/α,β-unsaturated/α-hetero) is 1. The van der Waals surface area contributed by atoms with Gasteiger partial charge >= 0.3 is 0 Å². The lowest BCUT2D eigenvalue weighted by atomic mass is 9.66. The molecule has 2 heteroatoms. The lowest BCUT2D eigenvalue weighted by molar-refractivity contribution is -0.124. The minimum atomic E-state index is -0.374. The summed E-state index contributed by atoms with van der Waals surface area (Å²) in [5.74, 6) is 3.87. The Labute approximate surface area is 206 Å². The van der Waals surface area contributed by atoms with Gasteiger partial charge in [-0.25, -0.2) is 0 Å². The van der Waals surface area contributed by atoms with Crippen LogP contribution in [0.5, 0.6) is 0 Å². The van der Waals surface area contributed by atoms with Gasteiger partial charge in [0.2, 0.25) is 0 Å². The zero-order valence-corrected chi connectivity index (χ0v) is 23.5. The summed E-state index contributed by atoms with van der Waals surface area (Å²) in [6.45, 7) is 20.2. The highest BCUT2D eigenvalue weighted by Crippen LogP contribution is 2.50. The molecule has 0 saturated heterocycles. The van der Waals surface area contributed by atoms with Crippen LogP contribution in [0.4, 0.5) is 0 Å². The van der Waals surface area contributed by atoms with E-state index in [1.807, 2.05) is 6.92 Å². The fraction of sp³-hybridized carbons (Fsp3) is 0.839. The van der Waals surface area contributed by atoms with Gasteiger partial charge in [-0.1, -0.05) is 79.6 Å². The number of allylic oxidation sites excluding steroid dienone is 3. The Hall–Kier alpha value is -1.05. The minimum absolute atomic E-state index is 0.0972. The van der Waals surface area contributed by atoms with Gasteiger partial charge in [-0.05, 0) is 94.3 Å². The normalized spacial score (nSPS) is 27.6. The van der Waals surface area contributed by atoms with Gasteiger partial charge in [-0.3, -0.25) is 4.79 Å². The summed E-state index contributed by atoms with van der Waals surface area (Å²) >= 11 is 0. The SMILES string of the molecule is CCC1(C)C(=O)C(C)=C(C)C2=C1CC[C@@](C)(CCC[C@H](C)CCC[C@H](C)CCCC(C)C)O2. The highest BCUT2D eigenvalue weighted by Gasteiger charge is 2.46. The second kappa shape index (κ2) is 12.1. The molecule has 0 amide bonds. The van der Waals surface area contributed by atoms with E-state index in [0.717, 1.165) is 60.3 Å². The molecule has 0 bridgehead atoms. The highest BCUT2D eigenvalue weighted by atomic mass is 16.5. The first-order chi connectivity index (χ1) is 15.4. The monoisotopic (exact) mass is 458 g/mol. The highest BCUT2D eigenvalue weighted by molar-refractivity contribution is 6.04. The summed E-state index contributed by atoms with van der Waals surface area (Å²) in [6.07, 6.45) is 14.8. The molecule has 0 aromatic carbocycles. The molecule has 190 valence electrons. The van der Waals surface area contributed by atoms with Crippen molar-refractivity contribution in [3.63, 3.8) is 0 Å². The van der Waals surface area contributed by atoms with Crippen LogP contribution in [0.3, 0.4) is 0 Å². The maximum atomic E-state index is 13.0. The number of rotatable bonds is 13. The Morgan fingerprint density at radius 3 is 1.94 bits per heavy atom. The average Bonchev–Trinajstić information content (AvgIpc) is 2.75. The standard InChI is InChI=1S/C31H54O2/c1-10-31(9)27-19-21-30(8,33-28(27)25(6)26(7)29(31)32)20-13-18-24(5)17-12-16-23(4)15-11-14-22(2)3/h22-24H,10-21H2,1-9H3/t23-,24-,30-,31?/m1/s1. The molecule has 1 aliphatic carbocycles. The third kappa shape index (κ3) is 7.22. The largest absolute Gasteiger partial charge is 0.487 e. The van der Waals surface area contributed by atoms with Crippen molar-refractivity contribution >= 4 is 5.78 Å². The molecule has 0 aromatic heterocycles. The molecular weight excluding hydrogens is 404 g/mol. The summed E-state index contributed by atoms with van der Waals surface area (Å²) in [5.41, 5.74) is 2.75. The van der Waals surface area contributed by atoms with Crippen LogP contribution in [-0.2, 0) is 9.53 Å². The van der Waals surface area contributed by atoms with E-state index in [1.165, 1.54) is 56.9 Å². The van der Waals surface area contributed by atoms with E-state index in [0.29, 0.717) is 5.78 Å². The van der Waals surface area contributed by atoms with Crippen molar-refractivity contribution < 1.29 is 9.53 Å². The molecule has 1 unspecified atom stereocenters. The molecule has 2 rings (SSSR count). The first-order valence-electron chi connectivity index (χ1n) is 14.1. The molecular formula is C31H54O2. The van der Waals surface area contributed by atoms with Gasteiger partial charge in [0.15, 0.2) is 5.78 Å². The molecule has 1 aliphatic heterocycles. The van der Waals surface area contributed by atoms with Crippen molar-refractivity contribution in [1.82, 2.24) is 0 Å². The van der Waals surface area contributed by atoms with Crippen LogP contribution < -0.4 is 0 Å². The maximum absolute atomic E-state index is 13.0. The molecule has 0 fully saturated rings. The van der Waals surface area contributed by atoms with Gasteiger partial charge in [0.25, 0.3) is 0 Å². The number of hydrogen-bond donors (Lipinski definition) is 0. The lowest BCUT2D eigenvalue weighted by Crippen LogP contribution is -2.41. The Morgan fingerprint density at radius 2 is 1.39 bits per heavy atom. The predicted octanol–water partition coefficient (Wildman–Crippen LogP) is 9.58. The quantitative estimate of drug-likeness (QED) is 0.274. The molecule has 2 aliphatic rings. The molecule has 0 spiro atoms. The van der Waals surface area contributed by atoms with Gasteiger partial charge in [0, 0.05) is 0 Å². The van der Waals surface area contributed by atoms with Crippen molar-refractivity contribution in [3.05, 3.63) is 22.5 Å². The van der Waals surface area contributed by atoms with E-state index in [9.17, 15) is 4.79 Å². The zero-order chi connectivity index (χ0) is 24.8. The Bertz CT molecular complexity index is 727. The Balaban J connectivity index is 1.80. The van der Waals surface area contributed by atoms with Crippen LogP contribution in [-0.4, -0.2) is 11.4 Å². The summed E-state index contributed by atoms with van der Waals surface area (Å²) < 4.78 is 6.72. The molecule has 33 heavy (non-hydrogen) atoms. The summed E-state index contributed by atoms with van der Waals surface area (Å²) in [4.78, 5) is 13.0. The van der Waals surface area contributed by atoms with E-state index in [2.05, 4.69) is 55.4 Å². The smallest absolute Gasteiger partial charge is 0.169 e. The fourth-order valence-corrected chi connectivity index (χ4v) is 5.94. The number of carbonyl (C=O) groups is 1. The number of ketones is 1. The summed E-state index contributed by atoms with van der Waals surface area (Å²) in [6, 6.07) is 0. The van der Waals surface area contributed by atoms with Crippen LogP contribution in [0.15, 0.2) is 22.5 Å². The first-order valence-corrected chi connectivity index (χ1v) is 14.1. The van der Waals surface area contributed by atoms with Crippen molar-refractivity contribution in [2.24, 2.45) is 23.2 Å². The fourth-order valence-electron chi connectivity index (χ4n) is 5.94. The number of hydrogen-bond acceptors (Lipinski definition) is 2. The molecule has 2 nitrogen and oxygen atoms in total. The van der Waals surface area contributed by atoms with Gasteiger partial charge < -0.3 is 4.74 Å². The topological polar surface area (TPSA) is 26.3 Å². The molecule has 0 saturated carbocycles. The van der Waals surface area contributed by atoms with Crippen LogP contribution in [0, 0.1) is 23.2 Å². The van der Waals surface area contributed by atoms with E-state index >= 15 is 0 Å². The van der Waals surface area contributed by atoms with Crippen molar-refractivity contribution in [3.8, 4) is 0 Å². The van der Waals surface area contributed by atoms with E-state index in [-0.39, 0.29) is 11.0 Å². The van der Waals surface area contributed by atoms with Crippen LogP contribution in [0.25, 0.3) is 0 Å². The zero-order valence-electron chi connectivity index (χ0n) is 23.5. The molecule has 4 atom stereocenters. The number of ether oxygens (including phenoxy) is 1. The van der Waals surface area contributed by atoms with Crippen LogP contribution in [0.2, 0.25) is 0 Å². The van der Waals surface area contributed by atoms with Crippen molar-refractivity contribution in [2.45, 2.75) is 145 Å². The minimum Gasteiger partial charge on any atom is -0.487 e. The number of carbonyl (C=O) groups excluding carboxylic acids is 1.